The van der Waals surface area contributed by atoms with Crippen LogP contribution in [0, 0.1) is 5.82 Å². The van der Waals surface area contributed by atoms with Crippen molar-refractivity contribution in [2.24, 2.45) is 0 Å². The summed E-state index contributed by atoms with van der Waals surface area (Å²) in [5.74, 6) is 0.660. The molecule has 1 atom stereocenters. The number of anilines is 2. The summed E-state index contributed by atoms with van der Waals surface area (Å²) < 4.78 is 31.3. The number of morpholine rings is 1. The Morgan fingerprint density at radius 1 is 1.12 bits per heavy atom. The second-order valence-electron chi connectivity index (χ2n) is 7.89. The number of rotatable bonds is 5. The average Bonchev–Trinajstić information content (AvgIpc) is 3.28. The standard InChI is InChI=1S/C24H21Cl2FN4O3/c1-13(20-17(25)3-4-18(27)21(20)26)34-23-22-15(11-30-24(23)28)16(12-33-22)14-2-5-19(29-10-14)31-6-8-32-9-7-31/h2-5,10-13H,6-9H2,1H3,(H2,28,30)/t13-/m1/s1. The van der Waals surface area contributed by atoms with Gasteiger partial charge in [0.1, 0.15) is 17.7 Å². The summed E-state index contributed by atoms with van der Waals surface area (Å²) >= 11 is 12.4. The van der Waals surface area contributed by atoms with E-state index in [0.717, 1.165) is 30.0 Å². The zero-order valence-corrected chi connectivity index (χ0v) is 19.7. The van der Waals surface area contributed by atoms with Crippen LogP contribution in [0.2, 0.25) is 10.0 Å². The number of furan rings is 1. The van der Waals surface area contributed by atoms with Gasteiger partial charge in [0.2, 0.25) is 5.75 Å². The normalized spacial score (nSPS) is 15.0. The average molecular weight is 503 g/mol. The van der Waals surface area contributed by atoms with E-state index in [4.69, 9.17) is 42.8 Å². The maximum atomic E-state index is 14.0. The maximum absolute atomic E-state index is 14.0. The molecule has 7 nitrogen and oxygen atoms in total. The third kappa shape index (κ3) is 4.13. The van der Waals surface area contributed by atoms with E-state index in [9.17, 15) is 4.39 Å². The third-order valence-electron chi connectivity index (χ3n) is 5.78. The Morgan fingerprint density at radius 2 is 1.91 bits per heavy atom. The highest BCUT2D eigenvalue weighted by atomic mass is 35.5. The fourth-order valence-electron chi connectivity index (χ4n) is 3.99. The van der Waals surface area contributed by atoms with Crippen LogP contribution in [0.5, 0.6) is 5.75 Å². The molecule has 0 radical (unpaired) electrons. The number of nitrogens with zero attached hydrogens (tertiary/aromatic N) is 3. The molecule has 3 aromatic heterocycles. The van der Waals surface area contributed by atoms with E-state index < -0.39 is 11.9 Å². The fraction of sp³-hybridized carbons (Fsp3) is 0.250. The molecule has 4 aromatic rings. The topological polar surface area (TPSA) is 86.6 Å². The minimum Gasteiger partial charge on any atom is -0.478 e. The van der Waals surface area contributed by atoms with Crippen molar-refractivity contribution in [3.8, 4) is 16.9 Å². The lowest BCUT2D eigenvalue weighted by molar-refractivity contribution is 0.122. The first-order chi connectivity index (χ1) is 16.4. The number of benzene rings is 1. The quantitative estimate of drug-likeness (QED) is 0.340. The van der Waals surface area contributed by atoms with Crippen molar-refractivity contribution in [3.63, 3.8) is 0 Å². The fourth-order valence-corrected chi connectivity index (χ4v) is 4.67. The molecular formula is C24H21Cl2FN4O3. The summed E-state index contributed by atoms with van der Waals surface area (Å²) in [7, 11) is 0. The summed E-state index contributed by atoms with van der Waals surface area (Å²) in [5.41, 5.74) is 8.48. The number of aromatic nitrogens is 2. The van der Waals surface area contributed by atoms with Crippen LogP contribution in [-0.2, 0) is 4.74 Å². The van der Waals surface area contributed by atoms with Gasteiger partial charge in [0, 0.05) is 47.2 Å². The Hall–Kier alpha value is -3.07. The van der Waals surface area contributed by atoms with Crippen molar-refractivity contribution in [3.05, 3.63) is 64.3 Å². The van der Waals surface area contributed by atoms with Gasteiger partial charge in [0.25, 0.3) is 0 Å². The lowest BCUT2D eigenvalue weighted by Crippen LogP contribution is -2.36. The van der Waals surface area contributed by atoms with Crippen molar-refractivity contribution in [1.29, 1.82) is 0 Å². The molecule has 1 aliphatic heterocycles. The molecule has 34 heavy (non-hydrogen) atoms. The second-order valence-corrected chi connectivity index (χ2v) is 8.67. The molecule has 5 rings (SSSR count). The molecule has 176 valence electrons. The van der Waals surface area contributed by atoms with Gasteiger partial charge in [0.05, 0.1) is 29.9 Å². The van der Waals surface area contributed by atoms with E-state index >= 15 is 0 Å². The summed E-state index contributed by atoms with van der Waals surface area (Å²) in [6.45, 7) is 4.69. The number of nitrogens with two attached hydrogens (primary N) is 1. The summed E-state index contributed by atoms with van der Waals surface area (Å²) in [4.78, 5) is 11.1. The first kappa shape index (κ1) is 22.7. The van der Waals surface area contributed by atoms with E-state index in [1.54, 1.807) is 25.6 Å². The largest absolute Gasteiger partial charge is 0.478 e. The van der Waals surface area contributed by atoms with Crippen LogP contribution in [-0.4, -0.2) is 36.3 Å². The van der Waals surface area contributed by atoms with Gasteiger partial charge in [-0.25, -0.2) is 14.4 Å². The van der Waals surface area contributed by atoms with E-state index in [1.165, 1.54) is 12.1 Å². The molecule has 2 N–H and O–H groups in total. The van der Waals surface area contributed by atoms with Crippen molar-refractivity contribution in [1.82, 2.24) is 9.97 Å². The molecule has 0 bridgehead atoms. The van der Waals surface area contributed by atoms with Gasteiger partial charge >= 0.3 is 0 Å². The zero-order chi connectivity index (χ0) is 23.8. The highest BCUT2D eigenvalue weighted by molar-refractivity contribution is 6.36. The highest BCUT2D eigenvalue weighted by Gasteiger charge is 2.23. The summed E-state index contributed by atoms with van der Waals surface area (Å²) in [5, 5.41) is 0.878. The Kier molecular flexibility index (Phi) is 6.20. The molecule has 10 heteroatoms. The smallest absolute Gasteiger partial charge is 0.205 e. The number of pyridine rings is 2. The molecule has 0 amide bonds. The van der Waals surface area contributed by atoms with Crippen molar-refractivity contribution in [2.75, 3.05) is 36.9 Å². The second kappa shape index (κ2) is 9.29. The molecule has 0 spiro atoms. The van der Waals surface area contributed by atoms with Gasteiger partial charge in [-0.2, -0.15) is 0 Å². The van der Waals surface area contributed by atoms with Crippen LogP contribution < -0.4 is 15.4 Å². The van der Waals surface area contributed by atoms with Crippen LogP contribution in [0.3, 0.4) is 0 Å². The molecule has 1 aromatic carbocycles. The van der Waals surface area contributed by atoms with E-state index in [-0.39, 0.29) is 21.6 Å². The molecule has 1 saturated heterocycles. The van der Waals surface area contributed by atoms with Crippen molar-refractivity contribution < 1.29 is 18.3 Å². The van der Waals surface area contributed by atoms with Gasteiger partial charge in [-0.15, -0.1) is 0 Å². The predicted octanol–water partition coefficient (Wildman–Crippen LogP) is 5.89. The van der Waals surface area contributed by atoms with Crippen molar-refractivity contribution >= 4 is 45.8 Å². The zero-order valence-electron chi connectivity index (χ0n) is 18.2. The van der Waals surface area contributed by atoms with E-state index in [2.05, 4.69) is 14.9 Å². The molecule has 0 saturated carbocycles. The Labute approximate surface area is 205 Å². The van der Waals surface area contributed by atoms with Gasteiger partial charge in [-0.1, -0.05) is 23.2 Å². The van der Waals surface area contributed by atoms with Crippen LogP contribution in [0.1, 0.15) is 18.6 Å². The van der Waals surface area contributed by atoms with Crippen LogP contribution in [0.4, 0.5) is 16.0 Å². The van der Waals surface area contributed by atoms with Crippen LogP contribution in [0.15, 0.2) is 47.3 Å². The maximum Gasteiger partial charge on any atom is 0.205 e. The summed E-state index contributed by atoms with van der Waals surface area (Å²) in [6, 6.07) is 6.58. The van der Waals surface area contributed by atoms with Gasteiger partial charge in [-0.05, 0) is 31.2 Å². The monoisotopic (exact) mass is 502 g/mol. The summed E-state index contributed by atoms with van der Waals surface area (Å²) in [6.07, 6.45) is 4.31. The number of ether oxygens (including phenoxy) is 2. The van der Waals surface area contributed by atoms with Gasteiger partial charge in [-0.3, -0.25) is 0 Å². The lowest BCUT2D eigenvalue weighted by Gasteiger charge is -2.27. The molecule has 0 unspecified atom stereocenters. The minimum atomic E-state index is -0.714. The number of fused-ring (bicyclic) bond motifs is 1. The molecule has 1 aliphatic rings. The Morgan fingerprint density at radius 3 is 2.65 bits per heavy atom. The first-order valence-electron chi connectivity index (χ1n) is 10.7. The SMILES string of the molecule is C[C@@H](Oc1c(N)ncc2c(-c3ccc(N4CCOCC4)nc3)coc12)c1c(Cl)ccc(F)c1Cl. The van der Waals surface area contributed by atoms with E-state index in [1.807, 2.05) is 12.1 Å². The van der Waals surface area contributed by atoms with Crippen LogP contribution >= 0.6 is 23.2 Å². The first-order valence-corrected chi connectivity index (χ1v) is 11.4. The molecule has 1 fully saturated rings. The van der Waals surface area contributed by atoms with Crippen LogP contribution in [0.25, 0.3) is 22.1 Å². The minimum absolute atomic E-state index is 0.106. The van der Waals surface area contributed by atoms with Gasteiger partial charge < -0.3 is 24.5 Å². The number of nitrogen functional groups attached to an aromatic ring is 1. The van der Waals surface area contributed by atoms with Crippen molar-refractivity contribution in [2.45, 2.75) is 13.0 Å². The van der Waals surface area contributed by atoms with E-state index in [0.29, 0.717) is 29.7 Å². The highest BCUT2D eigenvalue weighted by Crippen LogP contribution is 2.41. The predicted molar refractivity (Wildman–Crippen MR) is 130 cm³/mol. The number of halogens is 3. The lowest BCUT2D eigenvalue weighted by atomic mass is 10.1. The molecule has 0 aliphatic carbocycles. The Balaban J connectivity index is 1.47. The molecular weight excluding hydrogens is 482 g/mol. The molecule has 4 heterocycles. The number of hydrogen-bond acceptors (Lipinski definition) is 7. The number of hydrogen-bond donors (Lipinski definition) is 1. The Bertz CT molecular complexity index is 1340. The third-order valence-corrected chi connectivity index (χ3v) is 6.49. The van der Waals surface area contributed by atoms with Gasteiger partial charge in [0.15, 0.2) is 11.4 Å².